The molecule has 0 saturated carbocycles. The summed E-state index contributed by atoms with van der Waals surface area (Å²) in [4.78, 5) is 11.9. The zero-order chi connectivity index (χ0) is 18.1. The van der Waals surface area contributed by atoms with E-state index >= 15 is 0 Å². The Labute approximate surface area is 142 Å². The SMILES string of the molecule is COc1cnc(OCC(C=Nc2cccc(OC(F)F)c2)=NN)nc1. The van der Waals surface area contributed by atoms with Gasteiger partial charge in [-0.15, -0.1) is 0 Å². The fourth-order valence-corrected chi connectivity index (χ4v) is 1.62. The monoisotopic (exact) mass is 351 g/mol. The Bertz CT molecular complexity index is 738. The van der Waals surface area contributed by atoms with Gasteiger partial charge in [-0.25, -0.2) is 0 Å². The summed E-state index contributed by atoms with van der Waals surface area (Å²) in [6.07, 6.45) is 4.24. The van der Waals surface area contributed by atoms with Gasteiger partial charge in [0.25, 0.3) is 0 Å². The van der Waals surface area contributed by atoms with Crippen molar-refractivity contribution in [2.75, 3.05) is 13.7 Å². The number of nitrogens with two attached hydrogens (primary N) is 1. The third-order valence-corrected chi connectivity index (χ3v) is 2.76. The van der Waals surface area contributed by atoms with Crippen molar-refractivity contribution in [3.63, 3.8) is 0 Å². The average Bonchev–Trinajstić information content (AvgIpc) is 2.62. The van der Waals surface area contributed by atoms with Crippen LogP contribution in [0.4, 0.5) is 14.5 Å². The van der Waals surface area contributed by atoms with Crippen LogP contribution in [-0.2, 0) is 0 Å². The quantitative estimate of drug-likeness (QED) is 0.444. The van der Waals surface area contributed by atoms with Crippen LogP contribution in [0.5, 0.6) is 17.5 Å². The summed E-state index contributed by atoms with van der Waals surface area (Å²) in [6, 6.07) is 6.00. The second-order valence-electron chi connectivity index (χ2n) is 4.45. The fraction of sp³-hybridized carbons (Fsp3) is 0.200. The van der Waals surface area contributed by atoms with Crippen LogP contribution in [-0.4, -0.2) is 42.2 Å². The first kappa shape index (κ1) is 18.0. The number of aliphatic imine (C=N–C) groups is 1. The first-order valence-corrected chi connectivity index (χ1v) is 6.95. The summed E-state index contributed by atoms with van der Waals surface area (Å²) in [7, 11) is 1.50. The molecule has 132 valence electrons. The number of alkyl halides is 2. The van der Waals surface area contributed by atoms with Crippen LogP contribution < -0.4 is 20.1 Å². The molecule has 0 aliphatic heterocycles. The highest BCUT2D eigenvalue weighted by atomic mass is 19.3. The third-order valence-electron chi connectivity index (χ3n) is 2.76. The van der Waals surface area contributed by atoms with E-state index in [2.05, 4.69) is 24.8 Å². The van der Waals surface area contributed by atoms with Crippen LogP contribution in [0.2, 0.25) is 0 Å². The van der Waals surface area contributed by atoms with E-state index in [1.807, 2.05) is 0 Å². The van der Waals surface area contributed by atoms with Crippen molar-refractivity contribution in [1.82, 2.24) is 9.97 Å². The minimum atomic E-state index is -2.90. The van der Waals surface area contributed by atoms with Crippen molar-refractivity contribution < 1.29 is 23.0 Å². The number of ether oxygens (including phenoxy) is 3. The van der Waals surface area contributed by atoms with Crippen molar-refractivity contribution in [3.8, 4) is 17.5 Å². The van der Waals surface area contributed by atoms with Gasteiger partial charge in [0.15, 0.2) is 5.75 Å². The van der Waals surface area contributed by atoms with Crippen LogP contribution in [0, 0.1) is 0 Å². The molecule has 0 radical (unpaired) electrons. The smallest absolute Gasteiger partial charge is 0.387 e. The number of methoxy groups -OCH3 is 1. The number of nitrogens with zero attached hydrogens (tertiary/aromatic N) is 4. The van der Waals surface area contributed by atoms with E-state index < -0.39 is 6.61 Å². The van der Waals surface area contributed by atoms with Crippen LogP contribution in [0.1, 0.15) is 0 Å². The molecule has 0 atom stereocenters. The van der Waals surface area contributed by atoms with Crippen molar-refractivity contribution >= 4 is 17.6 Å². The van der Waals surface area contributed by atoms with Crippen LogP contribution in [0.3, 0.4) is 0 Å². The van der Waals surface area contributed by atoms with Gasteiger partial charge in [-0.1, -0.05) is 6.07 Å². The molecule has 0 aliphatic carbocycles. The minimum absolute atomic E-state index is 0.00114. The molecule has 25 heavy (non-hydrogen) atoms. The molecule has 0 spiro atoms. The number of halogens is 2. The Balaban J connectivity index is 1.95. The predicted octanol–water partition coefficient (Wildman–Crippen LogP) is 2.18. The van der Waals surface area contributed by atoms with Crippen LogP contribution in [0.15, 0.2) is 46.8 Å². The van der Waals surface area contributed by atoms with E-state index in [1.165, 1.54) is 43.9 Å². The first-order chi connectivity index (χ1) is 12.1. The third kappa shape index (κ3) is 6.01. The van der Waals surface area contributed by atoms with Crippen LogP contribution >= 0.6 is 0 Å². The van der Waals surface area contributed by atoms with Crippen LogP contribution in [0.25, 0.3) is 0 Å². The maximum atomic E-state index is 12.2. The highest BCUT2D eigenvalue weighted by Gasteiger charge is 2.05. The molecular formula is C15H15F2N5O3. The molecule has 0 unspecified atom stereocenters. The van der Waals surface area contributed by atoms with E-state index in [9.17, 15) is 8.78 Å². The number of hydrogen-bond acceptors (Lipinski definition) is 8. The van der Waals surface area contributed by atoms with E-state index in [4.69, 9.17) is 15.3 Å². The minimum Gasteiger partial charge on any atom is -0.494 e. The number of aromatic nitrogens is 2. The normalized spacial score (nSPS) is 11.8. The maximum absolute atomic E-state index is 12.2. The lowest BCUT2D eigenvalue weighted by Gasteiger charge is -2.05. The van der Waals surface area contributed by atoms with Gasteiger partial charge in [-0.2, -0.15) is 23.9 Å². The molecule has 1 aromatic heterocycles. The molecule has 1 aromatic carbocycles. The van der Waals surface area contributed by atoms with E-state index in [0.717, 1.165) is 0 Å². The van der Waals surface area contributed by atoms with Gasteiger partial charge in [0.2, 0.25) is 0 Å². The number of hydrogen-bond donors (Lipinski definition) is 1. The number of rotatable bonds is 8. The number of benzene rings is 1. The lowest BCUT2D eigenvalue weighted by atomic mass is 10.3. The second-order valence-corrected chi connectivity index (χ2v) is 4.45. The average molecular weight is 351 g/mol. The van der Waals surface area contributed by atoms with Crippen molar-refractivity contribution in [3.05, 3.63) is 36.7 Å². The predicted molar refractivity (Wildman–Crippen MR) is 86.9 cm³/mol. The zero-order valence-corrected chi connectivity index (χ0v) is 13.2. The molecule has 10 heteroatoms. The van der Waals surface area contributed by atoms with Gasteiger partial charge in [0, 0.05) is 6.07 Å². The summed E-state index contributed by atoms with van der Waals surface area (Å²) >= 11 is 0. The molecule has 0 bridgehead atoms. The van der Waals surface area contributed by atoms with E-state index in [-0.39, 0.29) is 18.4 Å². The maximum Gasteiger partial charge on any atom is 0.387 e. The molecule has 0 fully saturated rings. The van der Waals surface area contributed by atoms with Gasteiger partial charge in [0.05, 0.1) is 31.4 Å². The van der Waals surface area contributed by atoms with Gasteiger partial charge in [-0.05, 0) is 12.1 Å². The van der Waals surface area contributed by atoms with Crippen molar-refractivity contribution in [2.45, 2.75) is 6.61 Å². The fourth-order valence-electron chi connectivity index (χ4n) is 1.62. The van der Waals surface area contributed by atoms with Crippen molar-refractivity contribution in [2.24, 2.45) is 15.9 Å². The highest BCUT2D eigenvalue weighted by Crippen LogP contribution is 2.21. The van der Waals surface area contributed by atoms with E-state index in [0.29, 0.717) is 17.1 Å². The summed E-state index contributed by atoms with van der Waals surface area (Å²) in [5, 5.41) is 3.53. The topological polar surface area (TPSA) is 104 Å². The Morgan fingerprint density at radius 2 is 2.04 bits per heavy atom. The largest absolute Gasteiger partial charge is 0.494 e. The molecule has 2 rings (SSSR count). The van der Waals surface area contributed by atoms with Gasteiger partial charge in [0.1, 0.15) is 18.1 Å². The standard InChI is InChI=1S/C15H15F2N5O3/c1-23-13-7-20-15(21-8-13)24-9-11(22-18)6-19-10-3-2-4-12(5-10)25-14(16)17/h2-8,14H,9,18H2,1H3. The summed E-state index contributed by atoms with van der Waals surface area (Å²) in [6.45, 7) is -2.93. The number of hydrazone groups is 1. The Kier molecular flexibility index (Phi) is 6.57. The van der Waals surface area contributed by atoms with Gasteiger partial charge < -0.3 is 20.1 Å². The van der Waals surface area contributed by atoms with Crippen molar-refractivity contribution in [1.29, 1.82) is 0 Å². The molecule has 0 amide bonds. The summed E-state index contributed by atoms with van der Waals surface area (Å²) in [5.74, 6) is 5.77. The van der Waals surface area contributed by atoms with Gasteiger partial charge >= 0.3 is 12.6 Å². The molecular weight excluding hydrogens is 336 g/mol. The second kappa shape index (κ2) is 9.11. The molecule has 2 aromatic rings. The Morgan fingerprint density at radius 1 is 1.28 bits per heavy atom. The molecule has 0 saturated heterocycles. The lowest BCUT2D eigenvalue weighted by Crippen LogP contribution is -2.16. The molecule has 1 heterocycles. The van der Waals surface area contributed by atoms with Gasteiger partial charge in [-0.3, -0.25) is 4.99 Å². The van der Waals surface area contributed by atoms with E-state index in [1.54, 1.807) is 6.07 Å². The Hall–Kier alpha value is -3.30. The summed E-state index contributed by atoms with van der Waals surface area (Å²) < 4.78 is 38.9. The molecule has 2 N–H and O–H groups in total. The first-order valence-electron chi connectivity index (χ1n) is 6.95. The highest BCUT2D eigenvalue weighted by molar-refractivity contribution is 6.31. The Morgan fingerprint density at radius 3 is 2.68 bits per heavy atom. The molecule has 8 nitrogen and oxygen atoms in total. The lowest BCUT2D eigenvalue weighted by molar-refractivity contribution is -0.0498. The molecule has 0 aliphatic rings. The summed E-state index contributed by atoms with van der Waals surface area (Å²) in [5.41, 5.74) is 0.680. The zero-order valence-electron chi connectivity index (χ0n) is 13.2.